The summed E-state index contributed by atoms with van der Waals surface area (Å²) in [5.74, 6) is -1.00. The fourth-order valence-electron chi connectivity index (χ4n) is 1.85. The average molecular weight is 252 g/mol. The molecule has 1 rings (SSSR count). The van der Waals surface area contributed by atoms with E-state index >= 15 is 0 Å². The molecule has 2 N–H and O–H groups in total. The van der Waals surface area contributed by atoms with E-state index in [1.165, 1.54) is 0 Å². The molecule has 0 aromatic heterocycles. The lowest BCUT2D eigenvalue weighted by molar-refractivity contribution is -0.145. The summed E-state index contributed by atoms with van der Waals surface area (Å²) in [6.45, 7) is 3.38. The molecule has 0 fully saturated rings. The Labute approximate surface area is 107 Å². The van der Waals surface area contributed by atoms with E-state index in [0.29, 0.717) is 6.42 Å². The maximum absolute atomic E-state index is 11.2. The summed E-state index contributed by atoms with van der Waals surface area (Å²) in [7, 11) is 1.59. The van der Waals surface area contributed by atoms with Crippen LogP contribution in [-0.4, -0.2) is 29.4 Å². The molecule has 3 atom stereocenters. The molecule has 0 spiro atoms. The van der Waals surface area contributed by atoms with Gasteiger partial charge in [-0.2, -0.15) is 0 Å². The molecule has 0 aliphatic rings. The van der Waals surface area contributed by atoms with Crippen LogP contribution in [0.1, 0.15) is 19.4 Å². The minimum absolute atomic E-state index is 0.287. The molecule has 0 saturated carbocycles. The maximum Gasteiger partial charge on any atom is 0.307 e. The molecule has 18 heavy (non-hydrogen) atoms. The highest BCUT2D eigenvalue weighted by atomic mass is 16.5. The van der Waals surface area contributed by atoms with Gasteiger partial charge in [-0.15, -0.1) is 0 Å². The third-order valence-corrected chi connectivity index (χ3v) is 3.33. The Kier molecular flexibility index (Phi) is 5.16. The minimum Gasteiger partial charge on any atom is -0.497 e. The Morgan fingerprint density at radius 3 is 2.22 bits per heavy atom. The van der Waals surface area contributed by atoms with E-state index in [9.17, 15) is 15.0 Å². The molecule has 0 amide bonds. The van der Waals surface area contributed by atoms with Crippen molar-refractivity contribution in [3.8, 4) is 5.75 Å². The van der Waals surface area contributed by atoms with Crippen LogP contribution in [-0.2, 0) is 11.2 Å². The number of aliphatic hydroxyl groups is 1. The molecular weight excluding hydrogens is 232 g/mol. The number of carboxylic acids is 1. The Balaban J connectivity index is 2.80. The number of aliphatic hydroxyl groups excluding tert-OH is 1. The molecule has 4 heteroatoms. The average Bonchev–Trinajstić information content (AvgIpc) is 2.35. The van der Waals surface area contributed by atoms with Crippen LogP contribution in [0.3, 0.4) is 0 Å². The van der Waals surface area contributed by atoms with Gasteiger partial charge in [0.2, 0.25) is 0 Å². The summed E-state index contributed by atoms with van der Waals surface area (Å²) in [6.07, 6.45) is -0.227. The van der Waals surface area contributed by atoms with E-state index in [-0.39, 0.29) is 5.92 Å². The number of carbonyl (C=O) groups is 1. The predicted molar refractivity (Wildman–Crippen MR) is 68.7 cm³/mol. The van der Waals surface area contributed by atoms with Gasteiger partial charge >= 0.3 is 5.97 Å². The number of rotatable bonds is 6. The second-order valence-corrected chi connectivity index (χ2v) is 4.60. The fraction of sp³-hybridized carbons (Fsp3) is 0.500. The molecule has 0 bridgehead atoms. The zero-order valence-corrected chi connectivity index (χ0v) is 11.0. The van der Waals surface area contributed by atoms with Gasteiger partial charge in [0, 0.05) is 0 Å². The highest BCUT2D eigenvalue weighted by Gasteiger charge is 2.28. The molecule has 3 unspecified atom stereocenters. The molecule has 0 aliphatic carbocycles. The SMILES string of the molecule is COc1ccc(CC(C(=O)O)C(C)C(C)O)cc1. The van der Waals surface area contributed by atoms with Crippen molar-refractivity contribution < 1.29 is 19.7 Å². The summed E-state index contributed by atoms with van der Waals surface area (Å²) >= 11 is 0. The van der Waals surface area contributed by atoms with E-state index in [4.69, 9.17) is 4.74 Å². The van der Waals surface area contributed by atoms with Crippen molar-refractivity contribution in [3.63, 3.8) is 0 Å². The number of hydrogen-bond donors (Lipinski definition) is 2. The summed E-state index contributed by atoms with van der Waals surface area (Å²) in [5.41, 5.74) is 0.927. The number of aliphatic carboxylic acids is 1. The van der Waals surface area contributed by atoms with Crippen LogP contribution in [0.25, 0.3) is 0 Å². The third-order valence-electron chi connectivity index (χ3n) is 3.33. The lowest BCUT2D eigenvalue weighted by atomic mass is 9.85. The van der Waals surface area contributed by atoms with Gasteiger partial charge in [-0.3, -0.25) is 4.79 Å². The molecule has 0 aliphatic heterocycles. The zero-order chi connectivity index (χ0) is 13.7. The first-order valence-electron chi connectivity index (χ1n) is 5.99. The Morgan fingerprint density at radius 1 is 1.28 bits per heavy atom. The van der Waals surface area contributed by atoms with E-state index in [1.54, 1.807) is 33.1 Å². The summed E-state index contributed by atoms with van der Waals surface area (Å²) in [6, 6.07) is 7.32. The Hall–Kier alpha value is -1.55. The predicted octanol–water partition coefficient (Wildman–Crippen LogP) is 1.96. The molecule has 0 saturated heterocycles. The highest BCUT2D eigenvalue weighted by molar-refractivity contribution is 5.70. The smallest absolute Gasteiger partial charge is 0.307 e. The van der Waals surface area contributed by atoms with E-state index < -0.39 is 18.0 Å². The quantitative estimate of drug-likeness (QED) is 0.812. The topological polar surface area (TPSA) is 66.8 Å². The lowest BCUT2D eigenvalue weighted by Gasteiger charge is -2.22. The van der Waals surface area contributed by atoms with E-state index in [0.717, 1.165) is 11.3 Å². The maximum atomic E-state index is 11.2. The molecule has 0 heterocycles. The second kappa shape index (κ2) is 6.40. The van der Waals surface area contributed by atoms with Gasteiger partial charge in [0.1, 0.15) is 5.75 Å². The summed E-state index contributed by atoms with van der Waals surface area (Å²) in [4.78, 5) is 11.2. The largest absolute Gasteiger partial charge is 0.497 e. The van der Waals surface area contributed by atoms with Crippen molar-refractivity contribution in [3.05, 3.63) is 29.8 Å². The van der Waals surface area contributed by atoms with Crippen LogP contribution in [0.5, 0.6) is 5.75 Å². The van der Waals surface area contributed by atoms with E-state index in [2.05, 4.69) is 0 Å². The van der Waals surface area contributed by atoms with Gasteiger partial charge in [0.25, 0.3) is 0 Å². The molecule has 1 aromatic carbocycles. The standard InChI is InChI=1S/C14H20O4/c1-9(10(2)15)13(14(16)17)8-11-4-6-12(18-3)7-5-11/h4-7,9-10,13,15H,8H2,1-3H3,(H,16,17). The number of ether oxygens (including phenoxy) is 1. The van der Waals surface area contributed by atoms with Gasteiger partial charge in [-0.25, -0.2) is 0 Å². The van der Waals surface area contributed by atoms with Crippen molar-refractivity contribution in [2.24, 2.45) is 11.8 Å². The molecule has 0 radical (unpaired) electrons. The summed E-state index contributed by atoms with van der Waals surface area (Å²) < 4.78 is 5.05. The van der Waals surface area contributed by atoms with Crippen LogP contribution in [0.2, 0.25) is 0 Å². The van der Waals surface area contributed by atoms with Gasteiger partial charge in [-0.05, 0) is 37.0 Å². The van der Waals surface area contributed by atoms with Crippen LogP contribution in [0, 0.1) is 11.8 Å². The normalized spacial score (nSPS) is 15.8. The van der Waals surface area contributed by atoms with Crippen molar-refractivity contribution in [2.75, 3.05) is 7.11 Å². The molecular formula is C14H20O4. The van der Waals surface area contributed by atoms with E-state index in [1.807, 2.05) is 12.1 Å². The number of carboxylic acid groups (broad SMARTS) is 1. The van der Waals surface area contributed by atoms with Crippen molar-refractivity contribution in [1.82, 2.24) is 0 Å². The molecule has 4 nitrogen and oxygen atoms in total. The number of benzene rings is 1. The lowest BCUT2D eigenvalue weighted by Crippen LogP contribution is -2.30. The highest BCUT2D eigenvalue weighted by Crippen LogP contribution is 2.22. The van der Waals surface area contributed by atoms with Gasteiger partial charge in [0.15, 0.2) is 0 Å². The monoisotopic (exact) mass is 252 g/mol. The Bertz CT molecular complexity index is 383. The van der Waals surface area contributed by atoms with Crippen LogP contribution >= 0.6 is 0 Å². The first-order chi connectivity index (χ1) is 8.45. The van der Waals surface area contributed by atoms with Crippen molar-refractivity contribution in [2.45, 2.75) is 26.4 Å². The number of methoxy groups -OCH3 is 1. The van der Waals surface area contributed by atoms with Crippen molar-refractivity contribution >= 4 is 5.97 Å². The first-order valence-corrected chi connectivity index (χ1v) is 5.99. The van der Waals surface area contributed by atoms with Crippen LogP contribution in [0.4, 0.5) is 0 Å². The van der Waals surface area contributed by atoms with Crippen LogP contribution in [0.15, 0.2) is 24.3 Å². The van der Waals surface area contributed by atoms with Crippen molar-refractivity contribution in [1.29, 1.82) is 0 Å². The Morgan fingerprint density at radius 2 is 1.83 bits per heavy atom. The first kappa shape index (κ1) is 14.5. The third kappa shape index (κ3) is 3.74. The number of hydrogen-bond acceptors (Lipinski definition) is 3. The minimum atomic E-state index is -0.876. The fourth-order valence-corrected chi connectivity index (χ4v) is 1.85. The zero-order valence-electron chi connectivity index (χ0n) is 11.0. The second-order valence-electron chi connectivity index (χ2n) is 4.60. The molecule has 100 valence electrons. The summed E-state index contributed by atoms with van der Waals surface area (Å²) in [5, 5.41) is 18.7. The van der Waals surface area contributed by atoms with Gasteiger partial charge in [-0.1, -0.05) is 19.1 Å². The van der Waals surface area contributed by atoms with Gasteiger partial charge in [0.05, 0.1) is 19.1 Å². The molecule has 1 aromatic rings. The van der Waals surface area contributed by atoms with Crippen LogP contribution < -0.4 is 4.74 Å². The van der Waals surface area contributed by atoms with Gasteiger partial charge < -0.3 is 14.9 Å².